The molecule has 34 heavy (non-hydrogen) atoms. The van der Waals surface area contributed by atoms with Crippen molar-refractivity contribution in [2.45, 2.75) is 51.4 Å². The van der Waals surface area contributed by atoms with Gasteiger partial charge in [-0.05, 0) is 111 Å². The van der Waals surface area contributed by atoms with Crippen LogP contribution in [0.2, 0.25) is 0 Å². The fourth-order valence-electron chi connectivity index (χ4n) is 5.81. The molecule has 0 atom stereocenters. The molecule has 2 aromatic carbocycles. The average Bonchev–Trinajstić information content (AvgIpc) is 3.39. The van der Waals surface area contributed by atoms with Crippen LogP contribution in [-0.2, 0) is 6.42 Å². The number of nitrogens with zero attached hydrogens (tertiary/aromatic N) is 2. The zero-order valence-electron chi connectivity index (χ0n) is 20.6. The summed E-state index contributed by atoms with van der Waals surface area (Å²) < 4.78 is 5.27. The SMILES string of the molecule is COc1ccc(C2CCN(C(=O)Nc3ccc4c(c3)CCC(CN3CCCC3)=C4C)CC2)cc1. The average molecular weight is 460 g/mol. The number of hydrogen-bond acceptors (Lipinski definition) is 3. The number of hydrogen-bond donors (Lipinski definition) is 1. The second-order valence-electron chi connectivity index (χ2n) is 10.0. The lowest BCUT2D eigenvalue weighted by atomic mass is 9.86. The van der Waals surface area contributed by atoms with Crippen LogP contribution < -0.4 is 10.1 Å². The minimum absolute atomic E-state index is 0.0194. The van der Waals surface area contributed by atoms with E-state index < -0.39 is 0 Å². The number of benzene rings is 2. The molecular weight excluding hydrogens is 422 g/mol. The van der Waals surface area contributed by atoms with E-state index in [0.717, 1.165) is 56.8 Å². The zero-order valence-corrected chi connectivity index (χ0v) is 20.6. The van der Waals surface area contributed by atoms with Crippen LogP contribution in [0, 0.1) is 0 Å². The quantitative estimate of drug-likeness (QED) is 0.603. The maximum Gasteiger partial charge on any atom is 0.321 e. The lowest BCUT2D eigenvalue weighted by Gasteiger charge is -2.32. The van der Waals surface area contributed by atoms with Crippen molar-refractivity contribution in [2.24, 2.45) is 0 Å². The van der Waals surface area contributed by atoms with E-state index in [0.29, 0.717) is 5.92 Å². The van der Waals surface area contributed by atoms with Crippen LogP contribution in [0.5, 0.6) is 5.75 Å². The summed E-state index contributed by atoms with van der Waals surface area (Å²) >= 11 is 0. The molecule has 180 valence electrons. The summed E-state index contributed by atoms with van der Waals surface area (Å²) in [5.74, 6) is 1.39. The van der Waals surface area contributed by atoms with Crippen LogP contribution in [0.4, 0.5) is 10.5 Å². The normalized spacial score (nSPS) is 19.3. The Hall–Kier alpha value is -2.79. The van der Waals surface area contributed by atoms with Gasteiger partial charge in [0.15, 0.2) is 0 Å². The minimum Gasteiger partial charge on any atom is -0.497 e. The summed E-state index contributed by atoms with van der Waals surface area (Å²) in [7, 11) is 1.69. The fraction of sp³-hybridized carbons (Fsp3) is 0.483. The van der Waals surface area contributed by atoms with Gasteiger partial charge in [-0.15, -0.1) is 0 Å². The van der Waals surface area contributed by atoms with Crippen molar-refractivity contribution < 1.29 is 9.53 Å². The Morgan fingerprint density at radius 3 is 2.44 bits per heavy atom. The molecule has 5 heteroatoms. The van der Waals surface area contributed by atoms with Gasteiger partial charge in [-0.3, -0.25) is 4.90 Å². The summed E-state index contributed by atoms with van der Waals surface area (Å²) in [6, 6.07) is 14.8. The van der Waals surface area contributed by atoms with E-state index in [1.165, 1.54) is 48.2 Å². The van der Waals surface area contributed by atoms with Gasteiger partial charge in [-0.2, -0.15) is 0 Å². The molecule has 3 aliphatic rings. The highest BCUT2D eigenvalue weighted by atomic mass is 16.5. The second-order valence-corrected chi connectivity index (χ2v) is 10.0. The maximum absolute atomic E-state index is 13.0. The molecule has 1 N–H and O–H groups in total. The van der Waals surface area contributed by atoms with Crippen molar-refractivity contribution in [2.75, 3.05) is 45.2 Å². The lowest BCUT2D eigenvalue weighted by Crippen LogP contribution is -2.40. The van der Waals surface area contributed by atoms with Crippen LogP contribution in [-0.4, -0.2) is 55.7 Å². The van der Waals surface area contributed by atoms with Gasteiger partial charge in [-0.25, -0.2) is 4.79 Å². The Bertz CT molecular complexity index is 1050. The van der Waals surface area contributed by atoms with E-state index in [4.69, 9.17) is 4.74 Å². The van der Waals surface area contributed by atoms with E-state index >= 15 is 0 Å². The molecule has 2 aromatic rings. The Balaban J connectivity index is 1.18. The summed E-state index contributed by atoms with van der Waals surface area (Å²) in [6.45, 7) is 7.45. The molecule has 2 amide bonds. The van der Waals surface area contributed by atoms with Gasteiger partial charge in [0.2, 0.25) is 0 Å². The number of nitrogens with one attached hydrogen (secondary N) is 1. The van der Waals surface area contributed by atoms with Gasteiger partial charge in [0, 0.05) is 25.3 Å². The molecule has 0 unspecified atom stereocenters. The van der Waals surface area contributed by atoms with Crippen molar-refractivity contribution in [1.82, 2.24) is 9.80 Å². The first-order valence-corrected chi connectivity index (χ1v) is 12.8. The van der Waals surface area contributed by atoms with E-state index in [1.54, 1.807) is 12.7 Å². The predicted octanol–water partition coefficient (Wildman–Crippen LogP) is 5.92. The van der Waals surface area contributed by atoms with E-state index in [-0.39, 0.29) is 6.03 Å². The number of ether oxygens (including phenoxy) is 1. The number of allylic oxidation sites excluding steroid dienone is 1. The largest absolute Gasteiger partial charge is 0.497 e. The summed E-state index contributed by atoms with van der Waals surface area (Å²) in [6.07, 6.45) is 6.86. The maximum atomic E-state index is 13.0. The number of amides is 2. The van der Waals surface area contributed by atoms with Gasteiger partial charge >= 0.3 is 6.03 Å². The molecular formula is C29H37N3O2. The molecule has 0 aromatic heterocycles. The van der Waals surface area contributed by atoms with Crippen LogP contribution >= 0.6 is 0 Å². The molecule has 5 nitrogen and oxygen atoms in total. The number of anilines is 1. The number of fused-ring (bicyclic) bond motifs is 1. The third-order valence-corrected chi connectivity index (χ3v) is 7.97. The van der Waals surface area contributed by atoms with Crippen molar-refractivity contribution >= 4 is 17.3 Å². The van der Waals surface area contributed by atoms with Crippen LogP contribution in [0.25, 0.3) is 5.57 Å². The molecule has 2 fully saturated rings. The Morgan fingerprint density at radius 2 is 1.74 bits per heavy atom. The van der Waals surface area contributed by atoms with Crippen molar-refractivity contribution in [1.29, 1.82) is 0 Å². The van der Waals surface area contributed by atoms with Crippen LogP contribution in [0.3, 0.4) is 0 Å². The highest BCUT2D eigenvalue weighted by molar-refractivity contribution is 5.90. The number of methoxy groups -OCH3 is 1. The third-order valence-electron chi connectivity index (χ3n) is 7.97. The molecule has 2 heterocycles. The van der Waals surface area contributed by atoms with Crippen molar-refractivity contribution in [3.63, 3.8) is 0 Å². The topological polar surface area (TPSA) is 44.8 Å². The Labute approximate surface area is 203 Å². The number of likely N-dealkylation sites (tertiary alicyclic amines) is 2. The predicted molar refractivity (Wildman–Crippen MR) is 139 cm³/mol. The van der Waals surface area contributed by atoms with Gasteiger partial charge < -0.3 is 15.0 Å². The number of aryl methyl sites for hydroxylation is 1. The number of rotatable bonds is 5. The van der Waals surface area contributed by atoms with E-state index in [9.17, 15) is 4.79 Å². The standard InChI is InChI=1S/C29H37N3O2/c1-21-25(20-31-15-3-4-16-31)6-5-24-19-26(9-12-28(21)24)30-29(33)32-17-13-23(14-18-32)22-7-10-27(34-2)11-8-22/h7-12,19,23H,3-6,13-18,20H2,1-2H3,(H,30,33). The smallest absolute Gasteiger partial charge is 0.321 e. The summed E-state index contributed by atoms with van der Waals surface area (Å²) in [5, 5.41) is 3.16. The number of piperidine rings is 1. The monoisotopic (exact) mass is 459 g/mol. The van der Waals surface area contributed by atoms with Gasteiger partial charge in [0.1, 0.15) is 5.75 Å². The van der Waals surface area contributed by atoms with E-state index in [2.05, 4.69) is 47.5 Å². The molecule has 0 saturated carbocycles. The summed E-state index contributed by atoms with van der Waals surface area (Å²) in [4.78, 5) is 17.5. The molecule has 0 spiro atoms. The molecule has 1 aliphatic carbocycles. The van der Waals surface area contributed by atoms with Crippen LogP contribution in [0.15, 0.2) is 48.0 Å². The van der Waals surface area contributed by atoms with Crippen LogP contribution in [0.1, 0.15) is 61.6 Å². The van der Waals surface area contributed by atoms with Gasteiger partial charge in [-0.1, -0.05) is 23.8 Å². The molecule has 0 bridgehead atoms. The van der Waals surface area contributed by atoms with Gasteiger partial charge in [0.05, 0.1) is 7.11 Å². The molecule has 2 saturated heterocycles. The fourth-order valence-corrected chi connectivity index (χ4v) is 5.81. The van der Waals surface area contributed by atoms with Crippen molar-refractivity contribution in [3.05, 3.63) is 64.7 Å². The molecule has 0 radical (unpaired) electrons. The third kappa shape index (κ3) is 5.00. The minimum atomic E-state index is 0.0194. The Morgan fingerprint density at radius 1 is 1.00 bits per heavy atom. The first kappa shape index (κ1) is 23.0. The number of carbonyl (C=O) groups is 1. The highest BCUT2D eigenvalue weighted by Crippen LogP contribution is 2.34. The first-order chi connectivity index (χ1) is 16.6. The molecule has 5 rings (SSSR count). The Kier molecular flexibility index (Phi) is 6.91. The second kappa shape index (κ2) is 10.2. The lowest BCUT2D eigenvalue weighted by molar-refractivity contribution is 0.194. The van der Waals surface area contributed by atoms with Gasteiger partial charge in [0.25, 0.3) is 0 Å². The van der Waals surface area contributed by atoms with E-state index in [1.807, 2.05) is 17.0 Å². The van der Waals surface area contributed by atoms with Crippen molar-refractivity contribution in [3.8, 4) is 5.75 Å². The zero-order chi connectivity index (χ0) is 23.5. The summed E-state index contributed by atoms with van der Waals surface area (Å²) in [5.41, 5.74) is 8.00. The molecule has 2 aliphatic heterocycles. The highest BCUT2D eigenvalue weighted by Gasteiger charge is 2.25. The number of carbonyl (C=O) groups excluding carboxylic acids is 1. The first-order valence-electron chi connectivity index (χ1n) is 12.8. The number of urea groups is 1.